The van der Waals surface area contributed by atoms with Crippen LogP contribution in [0.5, 0.6) is 0 Å². The molecule has 0 fully saturated rings. The van der Waals surface area contributed by atoms with Gasteiger partial charge in [-0.1, -0.05) is 30.3 Å². The highest BCUT2D eigenvalue weighted by atomic mass is 16.3. The standard InChI is InChI=1S/C7H8NO/c8-7(9)6-4-2-1-3-5-6/h1-5,7-9H/q-1. The van der Waals surface area contributed by atoms with Crippen molar-refractivity contribution >= 4 is 0 Å². The Bertz CT molecular complexity index is 172. The summed E-state index contributed by atoms with van der Waals surface area (Å²) in [4.78, 5) is 0. The molecule has 2 nitrogen and oxygen atoms in total. The van der Waals surface area contributed by atoms with Crippen LogP contribution in [0.4, 0.5) is 0 Å². The van der Waals surface area contributed by atoms with Gasteiger partial charge in [-0.3, -0.25) is 0 Å². The van der Waals surface area contributed by atoms with E-state index in [0.717, 1.165) is 0 Å². The van der Waals surface area contributed by atoms with Crippen LogP contribution in [0.15, 0.2) is 30.3 Å². The van der Waals surface area contributed by atoms with Gasteiger partial charge in [0.2, 0.25) is 0 Å². The minimum atomic E-state index is -1.09. The topological polar surface area (TPSA) is 44.0 Å². The summed E-state index contributed by atoms with van der Waals surface area (Å²) < 4.78 is 0. The van der Waals surface area contributed by atoms with E-state index in [9.17, 15) is 0 Å². The van der Waals surface area contributed by atoms with Crippen molar-refractivity contribution in [3.05, 3.63) is 41.6 Å². The quantitative estimate of drug-likeness (QED) is 0.605. The van der Waals surface area contributed by atoms with Gasteiger partial charge in [-0.15, -0.1) is 0 Å². The van der Waals surface area contributed by atoms with Crippen molar-refractivity contribution in [3.63, 3.8) is 0 Å². The van der Waals surface area contributed by atoms with E-state index >= 15 is 0 Å². The SMILES string of the molecule is [NH-]C(O)c1ccccc1. The Morgan fingerprint density at radius 2 is 1.78 bits per heavy atom. The molecule has 1 rings (SSSR count). The molecule has 0 amide bonds. The molecule has 1 atom stereocenters. The largest absolute Gasteiger partial charge is 0.648 e. The van der Waals surface area contributed by atoms with Crippen LogP contribution in [0.25, 0.3) is 5.73 Å². The lowest BCUT2D eigenvalue weighted by molar-refractivity contribution is 0.229. The second-order valence-corrected chi connectivity index (χ2v) is 1.81. The molecule has 0 aliphatic heterocycles. The number of hydrogen-bond acceptors (Lipinski definition) is 1. The van der Waals surface area contributed by atoms with E-state index in [4.69, 9.17) is 10.8 Å². The van der Waals surface area contributed by atoms with Crippen LogP contribution in [-0.4, -0.2) is 5.11 Å². The minimum absolute atomic E-state index is 0.637. The summed E-state index contributed by atoms with van der Waals surface area (Å²) in [6.07, 6.45) is -1.09. The van der Waals surface area contributed by atoms with Gasteiger partial charge in [-0.2, -0.15) is 0 Å². The average molecular weight is 122 g/mol. The highest BCUT2D eigenvalue weighted by molar-refractivity contribution is 5.17. The van der Waals surface area contributed by atoms with Crippen molar-refractivity contribution in [2.75, 3.05) is 0 Å². The monoisotopic (exact) mass is 122 g/mol. The minimum Gasteiger partial charge on any atom is -0.648 e. The molecule has 0 heterocycles. The zero-order chi connectivity index (χ0) is 6.69. The molecule has 0 aromatic heterocycles. The molecule has 1 unspecified atom stereocenters. The van der Waals surface area contributed by atoms with Gasteiger partial charge in [-0.25, -0.2) is 0 Å². The number of rotatable bonds is 1. The Morgan fingerprint density at radius 1 is 1.22 bits per heavy atom. The lowest BCUT2D eigenvalue weighted by Gasteiger charge is -2.11. The van der Waals surface area contributed by atoms with E-state index in [2.05, 4.69) is 0 Å². The molecule has 48 valence electrons. The van der Waals surface area contributed by atoms with Crippen LogP contribution >= 0.6 is 0 Å². The highest BCUT2D eigenvalue weighted by Crippen LogP contribution is 2.10. The molecule has 9 heavy (non-hydrogen) atoms. The molecule has 0 bridgehead atoms. The zero-order valence-electron chi connectivity index (χ0n) is 4.91. The van der Waals surface area contributed by atoms with Crippen molar-refractivity contribution in [1.29, 1.82) is 0 Å². The van der Waals surface area contributed by atoms with E-state index in [1.807, 2.05) is 6.07 Å². The molecule has 2 heteroatoms. The van der Waals surface area contributed by atoms with Crippen molar-refractivity contribution in [2.24, 2.45) is 0 Å². The van der Waals surface area contributed by atoms with Gasteiger partial charge in [0.15, 0.2) is 0 Å². The number of hydrogen-bond donors (Lipinski definition) is 1. The molecule has 1 aromatic rings. The van der Waals surface area contributed by atoms with Crippen LogP contribution in [-0.2, 0) is 0 Å². The first-order valence-electron chi connectivity index (χ1n) is 2.75. The van der Waals surface area contributed by atoms with Gasteiger partial charge < -0.3 is 10.8 Å². The maximum absolute atomic E-state index is 8.69. The lowest BCUT2D eigenvalue weighted by Crippen LogP contribution is -1.86. The molecular weight excluding hydrogens is 114 g/mol. The van der Waals surface area contributed by atoms with Gasteiger partial charge in [0.05, 0.1) is 0 Å². The molecule has 0 saturated heterocycles. The molecule has 0 radical (unpaired) electrons. The highest BCUT2D eigenvalue weighted by Gasteiger charge is 1.88. The van der Waals surface area contributed by atoms with E-state index in [0.29, 0.717) is 5.56 Å². The third-order valence-electron chi connectivity index (χ3n) is 1.12. The van der Waals surface area contributed by atoms with Crippen LogP contribution in [0.1, 0.15) is 11.8 Å². The first-order valence-corrected chi connectivity index (χ1v) is 2.75. The summed E-state index contributed by atoms with van der Waals surface area (Å²) in [6, 6.07) is 8.89. The predicted octanol–water partition coefficient (Wildman–Crippen LogP) is 1.73. The molecule has 2 N–H and O–H groups in total. The fourth-order valence-electron chi connectivity index (χ4n) is 0.635. The Balaban J connectivity index is 2.85. The van der Waals surface area contributed by atoms with Crippen LogP contribution in [0.2, 0.25) is 0 Å². The van der Waals surface area contributed by atoms with Crippen molar-refractivity contribution in [2.45, 2.75) is 6.23 Å². The van der Waals surface area contributed by atoms with E-state index in [1.54, 1.807) is 24.3 Å². The Morgan fingerprint density at radius 3 is 2.11 bits per heavy atom. The van der Waals surface area contributed by atoms with Gasteiger partial charge >= 0.3 is 0 Å². The van der Waals surface area contributed by atoms with E-state index in [-0.39, 0.29) is 0 Å². The fourth-order valence-corrected chi connectivity index (χ4v) is 0.635. The summed E-state index contributed by atoms with van der Waals surface area (Å²) in [6.45, 7) is 0. The summed E-state index contributed by atoms with van der Waals surface area (Å²) in [7, 11) is 0. The second kappa shape index (κ2) is 2.62. The second-order valence-electron chi connectivity index (χ2n) is 1.81. The first-order chi connectivity index (χ1) is 4.30. The van der Waals surface area contributed by atoms with Crippen LogP contribution in [0.3, 0.4) is 0 Å². The molecule has 1 aromatic carbocycles. The first kappa shape index (κ1) is 6.26. The molecule has 0 aliphatic rings. The Labute approximate surface area is 53.9 Å². The van der Waals surface area contributed by atoms with E-state index in [1.165, 1.54) is 0 Å². The van der Waals surface area contributed by atoms with Gasteiger partial charge in [0.25, 0.3) is 0 Å². The summed E-state index contributed by atoms with van der Waals surface area (Å²) in [5.74, 6) is 0. The molecule has 0 aliphatic carbocycles. The number of aliphatic hydroxyl groups is 1. The zero-order valence-corrected chi connectivity index (χ0v) is 4.91. The Kier molecular flexibility index (Phi) is 1.82. The molecular formula is C7H8NO-. The number of benzene rings is 1. The Hall–Kier alpha value is -0.860. The lowest BCUT2D eigenvalue weighted by atomic mass is 10.2. The smallest absolute Gasteiger partial charge is 0.0106 e. The van der Waals surface area contributed by atoms with Crippen molar-refractivity contribution < 1.29 is 5.11 Å². The van der Waals surface area contributed by atoms with Gasteiger partial charge in [0.1, 0.15) is 0 Å². The molecule has 0 saturated carbocycles. The third-order valence-corrected chi connectivity index (χ3v) is 1.12. The summed E-state index contributed by atoms with van der Waals surface area (Å²) >= 11 is 0. The fraction of sp³-hybridized carbons (Fsp3) is 0.143. The summed E-state index contributed by atoms with van der Waals surface area (Å²) in [5.41, 5.74) is 7.51. The predicted molar refractivity (Wildman–Crippen MR) is 35.7 cm³/mol. The van der Waals surface area contributed by atoms with E-state index < -0.39 is 6.23 Å². The summed E-state index contributed by atoms with van der Waals surface area (Å²) in [5, 5.41) is 8.69. The van der Waals surface area contributed by atoms with Gasteiger partial charge in [0, 0.05) is 0 Å². The van der Waals surface area contributed by atoms with Crippen LogP contribution < -0.4 is 0 Å². The van der Waals surface area contributed by atoms with Crippen LogP contribution in [0, 0.1) is 0 Å². The van der Waals surface area contributed by atoms with Gasteiger partial charge in [-0.05, 0) is 11.8 Å². The number of nitrogens with one attached hydrogen (secondary N) is 1. The maximum Gasteiger partial charge on any atom is -0.0106 e. The normalized spacial score (nSPS) is 13.1. The maximum atomic E-state index is 8.69. The average Bonchev–Trinajstić information content (AvgIpc) is 1.90. The molecule has 0 spiro atoms. The third kappa shape index (κ3) is 1.52. The van der Waals surface area contributed by atoms with Crippen molar-refractivity contribution in [3.8, 4) is 0 Å². The number of aliphatic hydroxyl groups excluding tert-OH is 1. The van der Waals surface area contributed by atoms with Crippen molar-refractivity contribution in [1.82, 2.24) is 0 Å².